The molecule has 4 N–H and O–H groups in total. The molecule has 1 rings (SSSR count). The first-order valence-corrected chi connectivity index (χ1v) is 6.37. The number of benzene rings is 1. The average molecular weight is 282 g/mol. The Morgan fingerprint density at radius 3 is 2.35 bits per heavy atom. The molecule has 0 aliphatic rings. The lowest BCUT2D eigenvalue weighted by Crippen LogP contribution is -2.50. The molecule has 2 atom stereocenters. The summed E-state index contributed by atoms with van der Waals surface area (Å²) in [5.41, 5.74) is 6.75. The van der Waals surface area contributed by atoms with Crippen molar-refractivity contribution in [2.24, 2.45) is 5.73 Å². The van der Waals surface area contributed by atoms with Crippen LogP contribution in [0.15, 0.2) is 24.3 Å². The summed E-state index contributed by atoms with van der Waals surface area (Å²) in [5.74, 6) is -0.0897. The second-order valence-electron chi connectivity index (χ2n) is 4.61. The largest absolute Gasteiger partial charge is 0.508 e. The van der Waals surface area contributed by atoms with Gasteiger partial charge in [-0.25, -0.2) is 0 Å². The molecule has 0 aliphatic carbocycles. The average Bonchev–Trinajstić information content (AvgIpc) is 2.42. The van der Waals surface area contributed by atoms with Crippen LogP contribution in [-0.2, 0) is 20.7 Å². The Bertz CT molecular complexity index is 418. The monoisotopic (exact) mass is 282 g/mol. The number of aromatic hydroxyl groups is 1. The van der Waals surface area contributed by atoms with E-state index in [9.17, 15) is 9.90 Å². The van der Waals surface area contributed by atoms with Gasteiger partial charge in [-0.15, -0.1) is 0 Å². The molecule has 112 valence electrons. The summed E-state index contributed by atoms with van der Waals surface area (Å²) in [5, 5.41) is 11.9. The third-order valence-electron chi connectivity index (χ3n) is 2.97. The molecule has 6 nitrogen and oxygen atoms in total. The van der Waals surface area contributed by atoms with Crippen LogP contribution in [-0.4, -0.2) is 43.6 Å². The maximum absolute atomic E-state index is 12.0. The van der Waals surface area contributed by atoms with Crippen molar-refractivity contribution in [3.63, 3.8) is 0 Å². The quantitative estimate of drug-likeness (QED) is 0.629. The van der Waals surface area contributed by atoms with E-state index in [1.807, 2.05) is 0 Å². The Hall–Kier alpha value is -1.63. The summed E-state index contributed by atoms with van der Waals surface area (Å²) in [6, 6.07) is 5.63. The Balaban J connectivity index is 2.52. The Labute approximate surface area is 118 Å². The summed E-state index contributed by atoms with van der Waals surface area (Å²) in [4.78, 5) is 12.0. The van der Waals surface area contributed by atoms with Crippen LogP contribution in [0.25, 0.3) is 0 Å². The molecule has 1 aromatic carbocycles. The fraction of sp³-hybridized carbons (Fsp3) is 0.500. The molecule has 0 saturated carbocycles. The van der Waals surface area contributed by atoms with E-state index in [-0.39, 0.29) is 17.7 Å². The molecule has 20 heavy (non-hydrogen) atoms. The number of rotatable bonds is 7. The van der Waals surface area contributed by atoms with E-state index in [1.165, 1.54) is 14.2 Å². The van der Waals surface area contributed by atoms with Gasteiger partial charge in [0, 0.05) is 14.2 Å². The third kappa shape index (κ3) is 4.80. The number of methoxy groups -OCH3 is 2. The zero-order valence-corrected chi connectivity index (χ0v) is 12.0. The molecule has 1 aromatic rings. The third-order valence-corrected chi connectivity index (χ3v) is 2.97. The topological polar surface area (TPSA) is 93.8 Å². The normalized spacial score (nSPS) is 14.1. The first-order chi connectivity index (χ1) is 9.47. The maximum Gasteiger partial charge on any atom is 0.237 e. The number of nitrogens with two attached hydrogens (primary N) is 1. The van der Waals surface area contributed by atoms with E-state index in [2.05, 4.69) is 5.32 Å². The number of phenolic OH excluding ortho intramolecular Hbond substituents is 1. The van der Waals surface area contributed by atoms with Gasteiger partial charge in [0.05, 0.1) is 12.1 Å². The fourth-order valence-electron chi connectivity index (χ4n) is 1.88. The number of amides is 1. The molecule has 0 aromatic heterocycles. The standard InChI is InChI=1S/C14H22N2O4/c1-9(14(19-2)20-3)16-13(18)12(15)8-10-4-6-11(17)7-5-10/h4-7,9,12,14,17H,8,15H2,1-3H3,(H,16,18). The zero-order chi connectivity index (χ0) is 15.1. The van der Waals surface area contributed by atoms with Gasteiger partial charge in [0.15, 0.2) is 6.29 Å². The molecule has 6 heteroatoms. The summed E-state index contributed by atoms with van der Waals surface area (Å²) < 4.78 is 10.1. The number of ether oxygens (including phenoxy) is 2. The number of carbonyl (C=O) groups is 1. The molecular formula is C14H22N2O4. The van der Waals surface area contributed by atoms with Crippen LogP contribution in [0.5, 0.6) is 5.75 Å². The van der Waals surface area contributed by atoms with Gasteiger partial charge in [0.2, 0.25) is 5.91 Å². The molecule has 1 amide bonds. The first kappa shape index (κ1) is 16.4. The minimum absolute atomic E-state index is 0.184. The smallest absolute Gasteiger partial charge is 0.237 e. The molecule has 0 fully saturated rings. The number of hydrogen-bond donors (Lipinski definition) is 3. The van der Waals surface area contributed by atoms with Crippen molar-refractivity contribution in [1.82, 2.24) is 5.32 Å². The minimum atomic E-state index is -0.670. The highest BCUT2D eigenvalue weighted by Gasteiger charge is 2.21. The van der Waals surface area contributed by atoms with Crippen LogP contribution in [0.3, 0.4) is 0 Å². The lowest BCUT2D eigenvalue weighted by molar-refractivity contribution is -0.136. The predicted molar refractivity (Wildman–Crippen MR) is 75.2 cm³/mol. The van der Waals surface area contributed by atoms with Gasteiger partial charge in [0.1, 0.15) is 5.75 Å². The number of hydrogen-bond acceptors (Lipinski definition) is 5. The molecule has 0 heterocycles. The number of carbonyl (C=O) groups excluding carboxylic acids is 1. The molecule has 0 bridgehead atoms. The van der Waals surface area contributed by atoms with Crippen LogP contribution >= 0.6 is 0 Å². The van der Waals surface area contributed by atoms with E-state index >= 15 is 0 Å². The summed E-state index contributed by atoms with van der Waals surface area (Å²) in [6.45, 7) is 1.78. The van der Waals surface area contributed by atoms with Gasteiger partial charge in [0.25, 0.3) is 0 Å². The molecule has 0 saturated heterocycles. The summed E-state index contributed by atoms with van der Waals surface area (Å²) in [7, 11) is 3.01. The molecule has 0 spiro atoms. The van der Waals surface area contributed by atoms with Crippen molar-refractivity contribution in [2.75, 3.05) is 14.2 Å². The van der Waals surface area contributed by atoms with Crippen LogP contribution in [0, 0.1) is 0 Å². The summed E-state index contributed by atoms with van der Waals surface area (Å²) >= 11 is 0. The first-order valence-electron chi connectivity index (χ1n) is 6.37. The Kier molecular flexibility index (Phi) is 6.44. The van der Waals surface area contributed by atoms with Crippen LogP contribution in [0.1, 0.15) is 12.5 Å². The van der Waals surface area contributed by atoms with E-state index in [4.69, 9.17) is 15.2 Å². The van der Waals surface area contributed by atoms with Crippen LogP contribution in [0.4, 0.5) is 0 Å². The van der Waals surface area contributed by atoms with E-state index in [0.717, 1.165) is 5.56 Å². The maximum atomic E-state index is 12.0. The molecule has 0 aliphatic heterocycles. The lowest BCUT2D eigenvalue weighted by atomic mass is 10.1. The highest BCUT2D eigenvalue weighted by molar-refractivity contribution is 5.82. The van der Waals surface area contributed by atoms with Crippen LogP contribution in [0.2, 0.25) is 0 Å². The number of phenols is 1. The van der Waals surface area contributed by atoms with Gasteiger partial charge in [-0.3, -0.25) is 4.79 Å². The van der Waals surface area contributed by atoms with E-state index < -0.39 is 12.3 Å². The lowest BCUT2D eigenvalue weighted by Gasteiger charge is -2.23. The predicted octanol–water partition coefficient (Wildman–Crippen LogP) is 0.386. The van der Waals surface area contributed by atoms with Crippen molar-refractivity contribution >= 4 is 5.91 Å². The van der Waals surface area contributed by atoms with Gasteiger partial charge in [-0.2, -0.15) is 0 Å². The fourth-order valence-corrected chi connectivity index (χ4v) is 1.88. The van der Waals surface area contributed by atoms with Crippen molar-refractivity contribution in [1.29, 1.82) is 0 Å². The molecule has 2 unspecified atom stereocenters. The zero-order valence-electron chi connectivity index (χ0n) is 12.0. The van der Waals surface area contributed by atoms with Crippen LogP contribution < -0.4 is 11.1 Å². The van der Waals surface area contributed by atoms with E-state index in [0.29, 0.717) is 6.42 Å². The van der Waals surface area contributed by atoms with Crippen molar-refractivity contribution < 1.29 is 19.4 Å². The van der Waals surface area contributed by atoms with Gasteiger partial charge in [-0.1, -0.05) is 12.1 Å². The highest BCUT2D eigenvalue weighted by Crippen LogP contribution is 2.11. The Morgan fingerprint density at radius 2 is 1.85 bits per heavy atom. The van der Waals surface area contributed by atoms with Gasteiger partial charge in [-0.05, 0) is 31.0 Å². The van der Waals surface area contributed by atoms with Gasteiger partial charge >= 0.3 is 0 Å². The molecular weight excluding hydrogens is 260 g/mol. The van der Waals surface area contributed by atoms with E-state index in [1.54, 1.807) is 31.2 Å². The van der Waals surface area contributed by atoms with Crippen molar-refractivity contribution in [3.8, 4) is 5.75 Å². The minimum Gasteiger partial charge on any atom is -0.508 e. The summed E-state index contributed by atoms with van der Waals surface area (Å²) in [6.07, 6.45) is -0.122. The second kappa shape index (κ2) is 7.84. The SMILES string of the molecule is COC(OC)C(C)NC(=O)C(N)Cc1ccc(O)cc1. The Morgan fingerprint density at radius 1 is 1.30 bits per heavy atom. The second-order valence-corrected chi connectivity index (χ2v) is 4.61. The molecule has 0 radical (unpaired) electrons. The van der Waals surface area contributed by atoms with Crippen molar-refractivity contribution in [2.45, 2.75) is 31.7 Å². The highest BCUT2D eigenvalue weighted by atomic mass is 16.7. The number of nitrogens with one attached hydrogen (secondary N) is 1. The van der Waals surface area contributed by atoms with Crippen molar-refractivity contribution in [3.05, 3.63) is 29.8 Å². The van der Waals surface area contributed by atoms with Gasteiger partial charge < -0.3 is 25.6 Å².